The van der Waals surface area contributed by atoms with Gasteiger partial charge in [0.25, 0.3) is 5.91 Å². The van der Waals surface area contributed by atoms with E-state index in [1.165, 1.54) is 28.8 Å². The number of likely N-dealkylation sites (N-methyl/N-ethyl adjacent to an activating group) is 1. The smallest absolute Gasteiger partial charge is 0.326 e. The number of anilines is 1. The number of benzene rings is 2. The Balaban J connectivity index is 1.77. The summed E-state index contributed by atoms with van der Waals surface area (Å²) in [7, 11) is 1.53. The molecule has 3 atom stereocenters. The van der Waals surface area contributed by atoms with Crippen LogP contribution >= 0.6 is 0 Å². The number of hydrogen-bond acceptors (Lipinski definition) is 7. The van der Waals surface area contributed by atoms with Crippen molar-refractivity contribution in [2.75, 3.05) is 11.9 Å². The number of alkyl halides is 3. The maximum Gasteiger partial charge on any atom is 0.416 e. The van der Waals surface area contributed by atoms with E-state index in [4.69, 9.17) is 0 Å². The lowest BCUT2D eigenvalue weighted by atomic mass is 9.89. The number of nitrogens with one attached hydrogen (secondary N) is 1. The zero-order valence-corrected chi connectivity index (χ0v) is 24.0. The zero-order chi connectivity index (χ0) is 31.3. The number of amides is 2. The van der Waals surface area contributed by atoms with Crippen LogP contribution < -0.4 is 10.2 Å². The van der Waals surface area contributed by atoms with Crippen molar-refractivity contribution in [1.29, 1.82) is 0 Å². The lowest BCUT2D eigenvalue weighted by molar-refractivity contribution is -0.137. The molecular formula is C28H31F3N10O2. The lowest BCUT2D eigenvalue weighted by Gasteiger charge is -2.26. The van der Waals surface area contributed by atoms with E-state index in [1.54, 1.807) is 24.3 Å². The average molecular weight is 597 g/mol. The van der Waals surface area contributed by atoms with Crippen molar-refractivity contribution in [3.05, 3.63) is 81.5 Å². The molecule has 0 saturated carbocycles. The first-order chi connectivity index (χ1) is 20.5. The molecule has 1 aromatic heterocycles. The van der Waals surface area contributed by atoms with Crippen molar-refractivity contribution in [3.8, 4) is 0 Å². The monoisotopic (exact) mass is 596 g/mol. The fourth-order valence-electron chi connectivity index (χ4n) is 4.95. The van der Waals surface area contributed by atoms with Crippen LogP contribution in [0.5, 0.6) is 0 Å². The molecular weight excluding hydrogens is 565 g/mol. The summed E-state index contributed by atoms with van der Waals surface area (Å²) in [6, 6.07) is 10.2. The molecule has 0 unspecified atom stereocenters. The minimum atomic E-state index is -4.53. The molecule has 0 bridgehead atoms. The largest absolute Gasteiger partial charge is 0.416 e. The van der Waals surface area contributed by atoms with Gasteiger partial charge in [0.05, 0.1) is 22.9 Å². The third-order valence-electron chi connectivity index (χ3n) is 6.99. The highest BCUT2D eigenvalue weighted by Crippen LogP contribution is 2.33. The summed E-state index contributed by atoms with van der Waals surface area (Å²) >= 11 is 0. The second-order valence-electron chi connectivity index (χ2n) is 10.5. The first-order valence-corrected chi connectivity index (χ1v) is 13.7. The Morgan fingerprint density at radius 2 is 1.86 bits per heavy atom. The number of carbonyl (C=O) groups is 2. The molecule has 0 radical (unpaired) electrons. The van der Waals surface area contributed by atoms with E-state index in [-0.39, 0.29) is 23.9 Å². The number of tetrazole rings is 1. The summed E-state index contributed by atoms with van der Waals surface area (Å²) in [5, 5.41) is 18.3. The van der Waals surface area contributed by atoms with Crippen molar-refractivity contribution in [3.63, 3.8) is 0 Å². The molecule has 226 valence electrons. The van der Waals surface area contributed by atoms with Crippen molar-refractivity contribution >= 4 is 23.2 Å². The van der Waals surface area contributed by atoms with Gasteiger partial charge in [-0.2, -0.15) is 13.2 Å². The normalized spacial score (nSPS) is 16.6. The fraction of sp³-hybridized carbons (Fsp3) is 0.429. The molecule has 0 fully saturated rings. The predicted molar refractivity (Wildman–Crippen MR) is 152 cm³/mol. The molecule has 1 aliphatic heterocycles. The van der Waals surface area contributed by atoms with E-state index in [0.717, 1.165) is 12.1 Å². The molecule has 1 aliphatic rings. The average Bonchev–Trinajstić information content (AvgIpc) is 3.40. The number of halogens is 3. The molecule has 1 N–H and O–H groups in total. The zero-order valence-electron chi connectivity index (χ0n) is 24.0. The quantitative estimate of drug-likeness (QED) is 0.197. The molecule has 2 aromatic carbocycles. The van der Waals surface area contributed by atoms with Crippen molar-refractivity contribution in [1.82, 2.24) is 25.5 Å². The highest BCUT2D eigenvalue weighted by atomic mass is 19.4. The van der Waals surface area contributed by atoms with E-state index < -0.39 is 41.7 Å². The second kappa shape index (κ2) is 13.0. The molecule has 43 heavy (non-hydrogen) atoms. The summed E-state index contributed by atoms with van der Waals surface area (Å²) in [5.41, 5.74) is 10.1. The summed E-state index contributed by atoms with van der Waals surface area (Å²) < 4.78 is 41.2. The summed E-state index contributed by atoms with van der Waals surface area (Å²) in [4.78, 5) is 36.5. The summed E-state index contributed by atoms with van der Waals surface area (Å²) in [6.07, 6.45) is -5.01. The van der Waals surface area contributed by atoms with Gasteiger partial charge in [-0.15, -0.1) is 5.10 Å². The lowest BCUT2D eigenvalue weighted by Crippen LogP contribution is -2.48. The second-order valence-corrected chi connectivity index (χ2v) is 10.5. The molecule has 0 spiro atoms. The number of hydrogen-bond donors (Lipinski definition) is 1. The van der Waals surface area contributed by atoms with Crippen molar-refractivity contribution in [2.45, 2.75) is 58.5 Å². The number of benzodiazepines with no additional fused rings is 1. The van der Waals surface area contributed by atoms with Gasteiger partial charge < -0.3 is 10.2 Å². The van der Waals surface area contributed by atoms with Crippen molar-refractivity contribution in [2.24, 2.45) is 21.9 Å². The van der Waals surface area contributed by atoms with Crippen LogP contribution in [0, 0.1) is 11.8 Å². The van der Waals surface area contributed by atoms with Gasteiger partial charge in [-0.1, -0.05) is 56.2 Å². The van der Waals surface area contributed by atoms with E-state index in [2.05, 4.69) is 35.9 Å². The Kier molecular flexibility index (Phi) is 9.44. The predicted octanol–water partition coefficient (Wildman–Crippen LogP) is 5.07. The number of nitrogens with zero attached hydrogens (tertiary/aromatic N) is 9. The Labute approximate surface area is 245 Å². The molecule has 4 rings (SSSR count). The van der Waals surface area contributed by atoms with Crippen LogP contribution in [0.1, 0.15) is 62.2 Å². The maximum absolute atomic E-state index is 13.9. The number of aliphatic imine (C=N–C) groups is 1. The Morgan fingerprint density at radius 1 is 1.16 bits per heavy atom. The molecule has 15 heteroatoms. The molecule has 0 saturated heterocycles. The van der Waals surface area contributed by atoms with Gasteiger partial charge in [0.15, 0.2) is 5.82 Å². The number of aromatic nitrogens is 4. The Morgan fingerprint density at radius 3 is 2.49 bits per heavy atom. The third kappa shape index (κ3) is 6.83. The SMILES string of the molecule is CCCn1nnnc1[C@@H](N=[N+]=[N-])[C@@H](CC(C)C)C(=O)N[C@H]1N=C(c2ccc(C(F)(F)F)cc2)c2ccccc2N(C)C1=O. The first kappa shape index (κ1) is 31.2. The van der Waals surface area contributed by atoms with Gasteiger partial charge in [-0.3, -0.25) is 9.59 Å². The number of carbonyl (C=O) groups excluding carboxylic acids is 2. The standard InChI is InChI=1S/C28H31F3N10O2/c1-5-14-41-25(36-38-39-41)23(35-37-32)20(15-16(2)3)26(42)34-24-27(43)40(4)21-9-7-6-8-19(21)22(33-24)17-10-12-18(13-11-17)28(29,30)31/h6-13,16,20,23-24H,5,14-15H2,1-4H3,(H,34,42)/t20-,23+,24-/m1/s1. The molecule has 0 aliphatic carbocycles. The minimum Gasteiger partial charge on any atom is -0.326 e. The van der Waals surface area contributed by atoms with Gasteiger partial charge in [0.1, 0.15) is 6.04 Å². The Bertz CT molecular complexity index is 1540. The Hall–Kier alpha value is -4.78. The maximum atomic E-state index is 13.9. The van der Waals surface area contributed by atoms with E-state index in [1.807, 2.05) is 20.8 Å². The van der Waals surface area contributed by atoms with E-state index in [0.29, 0.717) is 29.8 Å². The number of rotatable bonds is 10. The van der Waals surface area contributed by atoms with Gasteiger partial charge in [-0.25, -0.2) is 9.67 Å². The van der Waals surface area contributed by atoms with Crippen LogP contribution in [0.4, 0.5) is 18.9 Å². The number of azide groups is 1. The van der Waals surface area contributed by atoms with Crippen LogP contribution in [0.2, 0.25) is 0 Å². The third-order valence-corrected chi connectivity index (χ3v) is 6.99. The molecule has 12 nitrogen and oxygen atoms in total. The van der Waals surface area contributed by atoms with Gasteiger partial charge in [0, 0.05) is 29.6 Å². The van der Waals surface area contributed by atoms with Crippen LogP contribution in [-0.2, 0) is 22.3 Å². The van der Waals surface area contributed by atoms with Crippen molar-refractivity contribution < 1.29 is 22.8 Å². The highest BCUT2D eigenvalue weighted by molar-refractivity contribution is 6.20. The van der Waals surface area contributed by atoms with Gasteiger partial charge in [0.2, 0.25) is 12.1 Å². The summed E-state index contributed by atoms with van der Waals surface area (Å²) in [5.74, 6) is -1.96. The van der Waals surface area contributed by atoms with E-state index in [9.17, 15) is 28.3 Å². The van der Waals surface area contributed by atoms with E-state index >= 15 is 0 Å². The van der Waals surface area contributed by atoms with Crippen LogP contribution in [-0.4, -0.2) is 50.9 Å². The van der Waals surface area contributed by atoms with Gasteiger partial charge in [-0.05, 0) is 52.9 Å². The van der Waals surface area contributed by atoms with Gasteiger partial charge >= 0.3 is 6.18 Å². The minimum absolute atomic E-state index is 0.0226. The van der Waals surface area contributed by atoms with Crippen LogP contribution in [0.25, 0.3) is 10.4 Å². The molecule has 3 aromatic rings. The fourth-order valence-corrected chi connectivity index (χ4v) is 4.95. The highest BCUT2D eigenvalue weighted by Gasteiger charge is 2.38. The molecule has 2 amide bonds. The first-order valence-electron chi connectivity index (χ1n) is 13.7. The number of para-hydroxylation sites is 1. The van der Waals surface area contributed by atoms with Crippen LogP contribution in [0.15, 0.2) is 58.6 Å². The van der Waals surface area contributed by atoms with Crippen LogP contribution in [0.3, 0.4) is 0 Å². The summed E-state index contributed by atoms with van der Waals surface area (Å²) in [6.45, 7) is 6.14. The number of aryl methyl sites for hydroxylation is 1. The number of fused-ring (bicyclic) bond motifs is 1. The molecule has 2 heterocycles. The topological polar surface area (TPSA) is 154 Å².